The van der Waals surface area contributed by atoms with Crippen LogP contribution in [0.25, 0.3) is 11.0 Å². The number of hydrogen-bond donors (Lipinski definition) is 2. The van der Waals surface area contributed by atoms with Gasteiger partial charge in [0.15, 0.2) is 0 Å². The highest BCUT2D eigenvalue weighted by Gasteiger charge is 2.37. The molecule has 1 N–H and O–H groups in total. The number of rotatable bonds is 6. The van der Waals surface area contributed by atoms with E-state index in [2.05, 4.69) is 5.32 Å². The number of thiol groups is 1. The predicted molar refractivity (Wildman–Crippen MR) is 148 cm³/mol. The SMILES string of the molecule is O=C(NC1CCCCC1)C(C1CCCCC1)n1c(C(S)c2c(Cl)cccc2Cl)nc2ccc(F)cc21. The second kappa shape index (κ2) is 11.3. The number of amides is 1. The number of nitrogens with zero attached hydrogens (tertiary/aromatic N) is 2. The Labute approximate surface area is 227 Å². The molecule has 2 fully saturated rings. The smallest absolute Gasteiger partial charge is 0.243 e. The van der Waals surface area contributed by atoms with Gasteiger partial charge in [-0.05, 0) is 61.9 Å². The van der Waals surface area contributed by atoms with Gasteiger partial charge in [0.25, 0.3) is 0 Å². The maximum absolute atomic E-state index is 14.6. The quantitative estimate of drug-likeness (QED) is 0.306. The molecule has 2 aromatic carbocycles. The molecule has 36 heavy (non-hydrogen) atoms. The molecule has 8 heteroatoms. The van der Waals surface area contributed by atoms with E-state index in [1.54, 1.807) is 24.3 Å². The molecule has 2 aliphatic carbocycles. The fraction of sp³-hybridized carbons (Fsp3) is 0.500. The Balaban J connectivity index is 1.65. The number of halogens is 3. The van der Waals surface area contributed by atoms with Crippen molar-refractivity contribution in [3.63, 3.8) is 0 Å². The molecule has 0 aliphatic heterocycles. The summed E-state index contributed by atoms with van der Waals surface area (Å²) in [6, 6.07) is 9.54. The van der Waals surface area contributed by atoms with Crippen molar-refractivity contribution in [1.29, 1.82) is 0 Å². The van der Waals surface area contributed by atoms with Crippen LogP contribution in [-0.2, 0) is 4.79 Å². The lowest BCUT2D eigenvalue weighted by atomic mass is 9.82. The van der Waals surface area contributed by atoms with Crippen LogP contribution in [0, 0.1) is 11.7 Å². The van der Waals surface area contributed by atoms with Crippen molar-refractivity contribution in [2.75, 3.05) is 0 Å². The van der Waals surface area contributed by atoms with E-state index < -0.39 is 11.3 Å². The van der Waals surface area contributed by atoms with E-state index in [1.165, 1.54) is 25.0 Å². The van der Waals surface area contributed by atoms with Crippen molar-refractivity contribution in [2.45, 2.75) is 81.5 Å². The molecule has 4 nitrogen and oxygen atoms in total. The van der Waals surface area contributed by atoms with Crippen molar-refractivity contribution >= 4 is 52.8 Å². The van der Waals surface area contributed by atoms with Gasteiger partial charge < -0.3 is 9.88 Å². The summed E-state index contributed by atoms with van der Waals surface area (Å²) in [5, 5.41) is 3.73. The molecule has 0 bridgehead atoms. The predicted octanol–water partition coefficient (Wildman–Crippen LogP) is 8.07. The molecule has 1 aromatic heterocycles. The van der Waals surface area contributed by atoms with Crippen molar-refractivity contribution in [1.82, 2.24) is 14.9 Å². The fourth-order valence-electron chi connectivity index (χ4n) is 6.00. The minimum Gasteiger partial charge on any atom is -0.352 e. The minimum atomic E-state index is -0.588. The highest BCUT2D eigenvalue weighted by atomic mass is 35.5. The summed E-state index contributed by atoms with van der Waals surface area (Å²) in [5.74, 6) is 0.313. The van der Waals surface area contributed by atoms with Gasteiger partial charge in [0, 0.05) is 21.7 Å². The van der Waals surface area contributed by atoms with Gasteiger partial charge >= 0.3 is 0 Å². The van der Waals surface area contributed by atoms with Crippen LogP contribution in [-0.4, -0.2) is 21.5 Å². The van der Waals surface area contributed by atoms with Gasteiger partial charge in [0.2, 0.25) is 5.91 Å². The molecule has 3 aromatic rings. The average molecular weight is 549 g/mol. The van der Waals surface area contributed by atoms with Crippen molar-refractivity contribution in [3.05, 3.63) is 63.6 Å². The summed E-state index contributed by atoms with van der Waals surface area (Å²) in [6.07, 6.45) is 10.7. The van der Waals surface area contributed by atoms with Crippen LogP contribution in [0.4, 0.5) is 4.39 Å². The first kappa shape index (κ1) is 25.9. The third kappa shape index (κ3) is 5.27. The molecule has 2 atom stereocenters. The maximum Gasteiger partial charge on any atom is 0.243 e. The lowest BCUT2D eigenvalue weighted by Crippen LogP contribution is -2.44. The third-order valence-corrected chi connectivity index (χ3v) is 8.94. The molecule has 1 heterocycles. The second-order valence-electron chi connectivity index (χ2n) is 10.2. The molecule has 0 saturated heterocycles. The van der Waals surface area contributed by atoms with Gasteiger partial charge in [0.1, 0.15) is 17.7 Å². The molecular weight excluding hydrogens is 516 g/mol. The van der Waals surface area contributed by atoms with Gasteiger partial charge in [-0.1, -0.05) is 67.8 Å². The van der Waals surface area contributed by atoms with Gasteiger partial charge in [-0.25, -0.2) is 9.37 Å². The summed E-state index contributed by atoms with van der Waals surface area (Å²) in [4.78, 5) is 18.9. The van der Waals surface area contributed by atoms with Crippen LogP contribution in [0.2, 0.25) is 10.0 Å². The summed E-state index contributed by atoms with van der Waals surface area (Å²) >= 11 is 18.1. The van der Waals surface area contributed by atoms with Gasteiger partial charge in [0.05, 0.1) is 16.3 Å². The molecule has 1 amide bonds. The number of nitrogens with one attached hydrogen (secondary N) is 1. The normalized spacial score (nSPS) is 19.3. The topological polar surface area (TPSA) is 46.9 Å². The second-order valence-corrected chi connectivity index (χ2v) is 11.5. The van der Waals surface area contributed by atoms with E-state index in [4.69, 9.17) is 40.8 Å². The highest BCUT2D eigenvalue weighted by molar-refractivity contribution is 7.80. The number of imidazole rings is 1. The summed E-state index contributed by atoms with van der Waals surface area (Å²) in [6.45, 7) is 0. The molecule has 2 aliphatic rings. The van der Waals surface area contributed by atoms with Crippen LogP contribution in [0.3, 0.4) is 0 Å². The maximum atomic E-state index is 14.6. The van der Waals surface area contributed by atoms with Crippen LogP contribution in [0.15, 0.2) is 36.4 Å². The molecule has 5 rings (SSSR count). The third-order valence-electron chi connectivity index (χ3n) is 7.79. The van der Waals surface area contributed by atoms with E-state index in [9.17, 15) is 9.18 Å². The monoisotopic (exact) mass is 547 g/mol. The highest BCUT2D eigenvalue weighted by Crippen LogP contribution is 2.43. The summed E-state index contributed by atoms with van der Waals surface area (Å²) < 4.78 is 16.5. The Morgan fingerprint density at radius 2 is 1.64 bits per heavy atom. The Kier molecular flexibility index (Phi) is 8.14. The molecule has 2 unspecified atom stereocenters. The van der Waals surface area contributed by atoms with Crippen molar-refractivity contribution in [3.8, 4) is 0 Å². The van der Waals surface area contributed by atoms with Gasteiger partial charge in [-0.2, -0.15) is 12.6 Å². The Morgan fingerprint density at radius 1 is 1.00 bits per heavy atom. The van der Waals surface area contributed by atoms with Crippen LogP contribution >= 0.6 is 35.8 Å². The largest absolute Gasteiger partial charge is 0.352 e. The molecule has 192 valence electrons. The molecule has 0 spiro atoms. The summed E-state index contributed by atoms with van der Waals surface area (Å²) in [5.41, 5.74) is 1.86. The zero-order valence-corrected chi connectivity index (χ0v) is 22.6. The molecular formula is C28H32Cl2FN3OS. The number of benzene rings is 2. The van der Waals surface area contributed by atoms with E-state index in [0.717, 1.165) is 51.4 Å². The van der Waals surface area contributed by atoms with E-state index in [0.29, 0.717) is 32.5 Å². The number of carbonyl (C=O) groups excluding carboxylic acids is 1. The number of hydrogen-bond acceptors (Lipinski definition) is 3. The molecule has 2 saturated carbocycles. The number of fused-ring (bicyclic) bond motifs is 1. The van der Waals surface area contributed by atoms with Gasteiger partial charge in [-0.15, -0.1) is 0 Å². The number of carbonyl (C=O) groups is 1. The van der Waals surface area contributed by atoms with Crippen molar-refractivity contribution in [2.24, 2.45) is 5.92 Å². The first-order valence-electron chi connectivity index (χ1n) is 13.0. The van der Waals surface area contributed by atoms with Crippen molar-refractivity contribution < 1.29 is 9.18 Å². The first-order chi connectivity index (χ1) is 17.4. The molecule has 0 radical (unpaired) electrons. The van der Waals surface area contributed by atoms with Crippen LogP contribution < -0.4 is 5.32 Å². The standard InChI is InChI=1S/C28H32Cl2FN3OS/c29-20-12-7-13-21(30)24(20)26(36)27-33-22-15-14-18(31)16-23(22)34(27)25(17-8-3-1-4-9-17)28(35)32-19-10-5-2-6-11-19/h7,12-17,19,25-26,36H,1-6,8-11H2,(H,32,35). The minimum absolute atomic E-state index is 0.00981. The first-order valence-corrected chi connectivity index (χ1v) is 14.3. The lowest BCUT2D eigenvalue weighted by Gasteiger charge is -2.34. The van der Waals surface area contributed by atoms with Crippen LogP contribution in [0.1, 0.15) is 86.9 Å². The number of aromatic nitrogens is 2. The van der Waals surface area contributed by atoms with Crippen LogP contribution in [0.5, 0.6) is 0 Å². The lowest BCUT2D eigenvalue weighted by molar-refractivity contribution is -0.127. The Hall–Kier alpha value is -1.76. The van der Waals surface area contributed by atoms with E-state index in [-0.39, 0.29) is 23.7 Å². The Morgan fingerprint density at radius 3 is 2.31 bits per heavy atom. The average Bonchev–Trinajstić information content (AvgIpc) is 3.23. The zero-order valence-electron chi connectivity index (χ0n) is 20.2. The zero-order chi connectivity index (χ0) is 25.2. The van der Waals surface area contributed by atoms with E-state index >= 15 is 0 Å². The summed E-state index contributed by atoms with van der Waals surface area (Å²) in [7, 11) is 0. The Bertz CT molecular complexity index is 1220. The van der Waals surface area contributed by atoms with Gasteiger partial charge in [-0.3, -0.25) is 4.79 Å². The fourth-order valence-corrected chi connectivity index (χ4v) is 7.22. The van der Waals surface area contributed by atoms with E-state index in [1.807, 2.05) is 4.57 Å².